The fourth-order valence-corrected chi connectivity index (χ4v) is 1.72. The van der Waals surface area contributed by atoms with Crippen molar-refractivity contribution >= 4 is 11.9 Å². The van der Waals surface area contributed by atoms with Gasteiger partial charge in [-0.2, -0.15) is 0 Å². The minimum Gasteiger partial charge on any atom is -0.497 e. The summed E-state index contributed by atoms with van der Waals surface area (Å²) in [7, 11) is 1.45. The second kappa shape index (κ2) is 7.69. The maximum Gasteiger partial charge on any atom is 0.158 e. The Morgan fingerprint density at radius 2 is 2.21 bits per heavy atom. The number of carbonyl (C=O) groups is 1. The summed E-state index contributed by atoms with van der Waals surface area (Å²) < 4.78 is 18.2. The number of rotatable bonds is 7. The van der Waals surface area contributed by atoms with Crippen LogP contribution in [0.4, 0.5) is 4.39 Å². The zero-order valence-corrected chi connectivity index (χ0v) is 11.2. The van der Waals surface area contributed by atoms with Gasteiger partial charge in [0.05, 0.1) is 13.2 Å². The average molecular weight is 266 g/mol. The molecule has 0 aliphatic rings. The lowest BCUT2D eigenvalue weighted by atomic mass is 10.1. The third-order valence-corrected chi connectivity index (χ3v) is 2.65. The second-order valence-corrected chi connectivity index (χ2v) is 4.37. The number of carbonyl (C=O) groups excluding carboxylic acids is 1. The van der Waals surface area contributed by atoms with Crippen LogP contribution in [0, 0.1) is 5.82 Å². The first-order valence-corrected chi connectivity index (χ1v) is 6.28. The van der Waals surface area contributed by atoms with Gasteiger partial charge < -0.3 is 9.84 Å². The van der Waals surface area contributed by atoms with Crippen LogP contribution < -0.4 is 4.74 Å². The van der Waals surface area contributed by atoms with Crippen molar-refractivity contribution in [3.63, 3.8) is 0 Å². The molecule has 1 unspecified atom stereocenters. The third-order valence-electron chi connectivity index (χ3n) is 2.65. The summed E-state index contributed by atoms with van der Waals surface area (Å²) in [6, 6.07) is 4.22. The molecule has 1 atom stereocenters. The molecule has 0 heterocycles. The normalized spacial score (nSPS) is 12.6. The molecule has 3 nitrogen and oxygen atoms in total. The molecule has 104 valence electrons. The van der Waals surface area contributed by atoms with Crippen LogP contribution in [0.3, 0.4) is 0 Å². The van der Waals surface area contributed by atoms with E-state index >= 15 is 0 Å². The molecule has 1 N–H and O–H groups in total. The fraction of sp³-hybridized carbons (Fsp3) is 0.400. The Balaban J connectivity index is 2.65. The number of ketones is 1. The first kappa shape index (κ1) is 15.4. The van der Waals surface area contributed by atoms with Gasteiger partial charge in [0.2, 0.25) is 0 Å². The Labute approximate surface area is 112 Å². The highest BCUT2D eigenvalue weighted by molar-refractivity contribution is 5.93. The van der Waals surface area contributed by atoms with Crippen molar-refractivity contribution in [3.05, 3.63) is 35.7 Å². The van der Waals surface area contributed by atoms with Crippen LogP contribution in [0.25, 0.3) is 6.08 Å². The molecule has 0 spiro atoms. The Bertz CT molecular complexity index is 455. The minimum absolute atomic E-state index is 0.0940. The molecule has 0 radical (unpaired) electrons. The zero-order chi connectivity index (χ0) is 14.3. The van der Waals surface area contributed by atoms with E-state index in [4.69, 9.17) is 4.74 Å². The van der Waals surface area contributed by atoms with Crippen LogP contribution in [0.1, 0.15) is 31.7 Å². The van der Waals surface area contributed by atoms with Crippen LogP contribution in [0.2, 0.25) is 0 Å². The smallest absolute Gasteiger partial charge is 0.158 e. The number of aliphatic hydroxyl groups excluding tert-OH is 1. The highest BCUT2D eigenvalue weighted by atomic mass is 19.1. The average Bonchev–Trinajstić information content (AvgIpc) is 2.36. The summed E-state index contributed by atoms with van der Waals surface area (Å²) in [4.78, 5) is 11.6. The molecule has 0 saturated heterocycles. The summed E-state index contributed by atoms with van der Waals surface area (Å²) in [5, 5.41) is 9.51. The van der Waals surface area contributed by atoms with Gasteiger partial charge in [-0.3, -0.25) is 4.79 Å². The van der Waals surface area contributed by atoms with Gasteiger partial charge in [-0.25, -0.2) is 4.39 Å². The Morgan fingerprint density at radius 1 is 1.47 bits per heavy atom. The summed E-state index contributed by atoms with van der Waals surface area (Å²) in [5.41, 5.74) is 0.551. The Hall–Kier alpha value is -1.68. The van der Waals surface area contributed by atoms with Crippen LogP contribution >= 0.6 is 0 Å². The van der Waals surface area contributed by atoms with Crippen molar-refractivity contribution in [3.8, 4) is 5.75 Å². The predicted octanol–water partition coefficient (Wildman–Crippen LogP) is 2.97. The van der Waals surface area contributed by atoms with Gasteiger partial charge in [-0.1, -0.05) is 19.4 Å². The van der Waals surface area contributed by atoms with Crippen molar-refractivity contribution in [1.29, 1.82) is 0 Å². The van der Waals surface area contributed by atoms with Crippen molar-refractivity contribution in [2.45, 2.75) is 32.3 Å². The summed E-state index contributed by atoms with van der Waals surface area (Å²) >= 11 is 0. The van der Waals surface area contributed by atoms with Crippen LogP contribution in [-0.2, 0) is 4.79 Å². The van der Waals surface area contributed by atoms with Gasteiger partial charge >= 0.3 is 0 Å². The second-order valence-electron chi connectivity index (χ2n) is 4.37. The molecule has 0 aliphatic heterocycles. The Kier molecular flexibility index (Phi) is 6.22. The molecule has 0 saturated carbocycles. The van der Waals surface area contributed by atoms with E-state index in [1.54, 1.807) is 6.07 Å². The quantitative estimate of drug-likeness (QED) is 0.772. The molecule has 19 heavy (non-hydrogen) atoms. The molecule has 1 aromatic rings. The number of hydrogen-bond donors (Lipinski definition) is 1. The molecule has 0 bridgehead atoms. The van der Waals surface area contributed by atoms with Gasteiger partial charge in [0.25, 0.3) is 0 Å². The van der Waals surface area contributed by atoms with Gasteiger partial charge in [-0.15, -0.1) is 0 Å². The molecule has 0 aliphatic carbocycles. The zero-order valence-electron chi connectivity index (χ0n) is 11.2. The summed E-state index contributed by atoms with van der Waals surface area (Å²) in [6.45, 7) is 1.95. The standard InChI is InChI=1S/C15H19FO3/c1-3-4-13(17)10-14(18)6-5-11-7-12(16)9-15(8-11)19-2/h5-9,13,17H,3-4,10H2,1-2H3/b6-5+. The van der Waals surface area contributed by atoms with Gasteiger partial charge in [0.15, 0.2) is 5.78 Å². The van der Waals surface area contributed by atoms with Crippen molar-refractivity contribution in [2.75, 3.05) is 7.11 Å². The number of aliphatic hydroxyl groups is 1. The van der Waals surface area contributed by atoms with Crippen molar-refractivity contribution < 1.29 is 19.0 Å². The number of methoxy groups -OCH3 is 1. The van der Waals surface area contributed by atoms with E-state index in [-0.39, 0.29) is 12.2 Å². The van der Waals surface area contributed by atoms with Gasteiger partial charge in [0.1, 0.15) is 11.6 Å². The van der Waals surface area contributed by atoms with Crippen LogP contribution in [0.5, 0.6) is 5.75 Å². The summed E-state index contributed by atoms with van der Waals surface area (Å²) in [5.74, 6) is -0.195. The van der Waals surface area contributed by atoms with Crippen LogP contribution in [0.15, 0.2) is 24.3 Å². The monoisotopic (exact) mass is 266 g/mol. The number of hydrogen-bond acceptors (Lipinski definition) is 3. The highest BCUT2D eigenvalue weighted by Gasteiger charge is 2.07. The lowest BCUT2D eigenvalue weighted by molar-refractivity contribution is -0.116. The maximum absolute atomic E-state index is 13.2. The topological polar surface area (TPSA) is 46.5 Å². The minimum atomic E-state index is -0.607. The maximum atomic E-state index is 13.2. The molecule has 1 aromatic carbocycles. The molecule has 4 heteroatoms. The molecule has 0 aromatic heterocycles. The lowest BCUT2D eigenvalue weighted by Gasteiger charge is -2.05. The van der Waals surface area contributed by atoms with E-state index in [1.165, 1.54) is 31.4 Å². The van der Waals surface area contributed by atoms with Crippen molar-refractivity contribution in [1.82, 2.24) is 0 Å². The molecular weight excluding hydrogens is 247 g/mol. The first-order valence-electron chi connectivity index (χ1n) is 6.28. The predicted molar refractivity (Wildman–Crippen MR) is 72.5 cm³/mol. The Morgan fingerprint density at radius 3 is 2.84 bits per heavy atom. The van der Waals surface area contributed by atoms with Gasteiger partial charge in [0, 0.05) is 12.5 Å². The summed E-state index contributed by atoms with van der Waals surface area (Å²) in [6.07, 6.45) is 3.80. The van der Waals surface area contributed by atoms with E-state index in [0.717, 1.165) is 6.42 Å². The SMILES string of the molecule is CCCC(O)CC(=O)/C=C/c1cc(F)cc(OC)c1. The van der Waals surface area contributed by atoms with E-state index in [0.29, 0.717) is 17.7 Å². The molecule has 0 fully saturated rings. The number of halogens is 1. The highest BCUT2D eigenvalue weighted by Crippen LogP contribution is 2.17. The van der Waals surface area contributed by atoms with Crippen molar-refractivity contribution in [2.24, 2.45) is 0 Å². The fourth-order valence-electron chi connectivity index (χ4n) is 1.72. The number of allylic oxidation sites excluding steroid dienone is 1. The molecule has 1 rings (SSSR count). The molecular formula is C15H19FO3. The number of ether oxygens (including phenoxy) is 1. The largest absolute Gasteiger partial charge is 0.497 e. The van der Waals surface area contributed by atoms with E-state index in [9.17, 15) is 14.3 Å². The third kappa shape index (κ3) is 5.66. The number of benzene rings is 1. The van der Waals surface area contributed by atoms with Gasteiger partial charge in [-0.05, 0) is 30.2 Å². The van der Waals surface area contributed by atoms with E-state index in [2.05, 4.69) is 0 Å². The molecule has 0 amide bonds. The van der Waals surface area contributed by atoms with E-state index < -0.39 is 11.9 Å². The van der Waals surface area contributed by atoms with E-state index in [1.807, 2.05) is 6.92 Å². The lowest BCUT2D eigenvalue weighted by Crippen LogP contribution is -2.11. The van der Waals surface area contributed by atoms with Crippen LogP contribution in [-0.4, -0.2) is 24.1 Å². The first-order chi connectivity index (χ1) is 9.05.